The average molecular weight is 298 g/mol. The quantitative estimate of drug-likeness (QED) is 0.408. The summed E-state index contributed by atoms with van der Waals surface area (Å²) in [5, 5.41) is 21.6. The van der Waals surface area contributed by atoms with Gasteiger partial charge in [0.2, 0.25) is 4.77 Å². The van der Waals surface area contributed by atoms with Crippen LogP contribution in [0.2, 0.25) is 5.02 Å². The second-order valence-electron chi connectivity index (χ2n) is 3.60. The summed E-state index contributed by atoms with van der Waals surface area (Å²) in [5.41, 5.74) is 0.372. The molecule has 1 aromatic heterocycles. The van der Waals surface area contributed by atoms with Crippen LogP contribution in [0.25, 0.3) is 0 Å². The largest absolute Gasteiger partial charge is 0.270 e. The fourth-order valence-electron chi connectivity index (χ4n) is 1.37. The lowest BCUT2D eigenvalue weighted by Crippen LogP contribution is -1.95. The van der Waals surface area contributed by atoms with Gasteiger partial charge in [-0.1, -0.05) is 11.6 Å². The molecule has 1 aromatic carbocycles. The van der Waals surface area contributed by atoms with Crippen molar-refractivity contribution in [2.75, 3.05) is 0 Å². The maximum atomic E-state index is 10.7. The standard InChI is InChI=1S/C10H8ClN5O2S/c1-6-13-14-10(19)15(6)12-5-7-4-8(16(17)18)2-3-9(7)11/h2-5H,1H3,(H,14,19)/b12-5-. The molecule has 0 aliphatic rings. The molecule has 0 radical (unpaired) electrons. The maximum absolute atomic E-state index is 10.7. The summed E-state index contributed by atoms with van der Waals surface area (Å²) in [7, 11) is 0. The van der Waals surface area contributed by atoms with Crippen molar-refractivity contribution in [3.63, 3.8) is 0 Å². The molecule has 0 saturated heterocycles. The van der Waals surface area contributed by atoms with E-state index in [1.807, 2.05) is 0 Å². The first-order valence-corrected chi connectivity index (χ1v) is 5.90. The zero-order valence-electron chi connectivity index (χ0n) is 9.70. The molecule has 98 valence electrons. The van der Waals surface area contributed by atoms with Crippen LogP contribution in [0, 0.1) is 21.8 Å². The summed E-state index contributed by atoms with van der Waals surface area (Å²) in [6, 6.07) is 4.11. The first kappa shape index (κ1) is 13.4. The maximum Gasteiger partial charge on any atom is 0.270 e. The van der Waals surface area contributed by atoms with Crippen LogP contribution in [0.4, 0.5) is 5.69 Å². The van der Waals surface area contributed by atoms with Gasteiger partial charge in [-0.15, -0.1) is 0 Å². The van der Waals surface area contributed by atoms with Gasteiger partial charge in [0.25, 0.3) is 5.69 Å². The van der Waals surface area contributed by atoms with Crippen LogP contribution in [-0.4, -0.2) is 26.0 Å². The van der Waals surface area contributed by atoms with Crippen LogP contribution >= 0.6 is 23.8 Å². The Balaban J connectivity index is 2.41. The molecule has 19 heavy (non-hydrogen) atoms. The summed E-state index contributed by atoms with van der Waals surface area (Å²) in [4.78, 5) is 10.2. The zero-order valence-corrected chi connectivity index (χ0v) is 11.3. The summed E-state index contributed by atoms with van der Waals surface area (Å²) >= 11 is 10.9. The Morgan fingerprint density at radius 1 is 1.63 bits per heavy atom. The predicted octanol–water partition coefficient (Wildman–Crippen LogP) is 2.69. The lowest BCUT2D eigenvalue weighted by Gasteiger charge is -1.98. The molecule has 1 N–H and O–H groups in total. The highest BCUT2D eigenvalue weighted by atomic mass is 35.5. The number of H-pyrrole nitrogens is 1. The van der Waals surface area contributed by atoms with E-state index >= 15 is 0 Å². The number of aromatic nitrogens is 3. The van der Waals surface area contributed by atoms with Crippen molar-refractivity contribution in [1.29, 1.82) is 0 Å². The predicted molar refractivity (Wildman–Crippen MR) is 73.2 cm³/mol. The van der Waals surface area contributed by atoms with Crippen LogP contribution in [0.3, 0.4) is 0 Å². The fraction of sp³-hybridized carbons (Fsp3) is 0.100. The van der Waals surface area contributed by atoms with Gasteiger partial charge in [-0.2, -0.15) is 14.9 Å². The van der Waals surface area contributed by atoms with E-state index in [1.165, 1.54) is 29.1 Å². The third-order valence-electron chi connectivity index (χ3n) is 2.31. The lowest BCUT2D eigenvalue weighted by atomic mass is 10.2. The summed E-state index contributed by atoms with van der Waals surface area (Å²) < 4.78 is 1.72. The number of non-ortho nitro benzene ring substituents is 1. The third kappa shape index (κ3) is 2.85. The van der Waals surface area contributed by atoms with Gasteiger partial charge in [0, 0.05) is 22.7 Å². The van der Waals surface area contributed by atoms with Crippen LogP contribution in [0.5, 0.6) is 0 Å². The Hall–Kier alpha value is -2.06. The van der Waals surface area contributed by atoms with E-state index in [1.54, 1.807) is 6.92 Å². The van der Waals surface area contributed by atoms with E-state index in [-0.39, 0.29) is 5.69 Å². The van der Waals surface area contributed by atoms with Crippen LogP contribution in [-0.2, 0) is 0 Å². The first-order valence-electron chi connectivity index (χ1n) is 5.11. The molecule has 0 unspecified atom stereocenters. The number of nitro benzene ring substituents is 1. The van der Waals surface area contributed by atoms with Crippen molar-refractivity contribution in [3.05, 3.63) is 49.5 Å². The summed E-state index contributed by atoms with van der Waals surface area (Å²) in [6.45, 7) is 1.72. The van der Waals surface area contributed by atoms with Gasteiger partial charge >= 0.3 is 0 Å². The topological polar surface area (TPSA) is 89.1 Å². The number of nitrogens with one attached hydrogen (secondary N) is 1. The van der Waals surface area contributed by atoms with E-state index in [9.17, 15) is 10.1 Å². The number of aryl methyl sites for hydroxylation is 1. The normalized spacial score (nSPS) is 11.1. The van der Waals surface area contributed by atoms with E-state index in [4.69, 9.17) is 23.8 Å². The molecule has 0 atom stereocenters. The molecule has 2 aromatic rings. The van der Waals surface area contributed by atoms with Crippen molar-refractivity contribution in [1.82, 2.24) is 14.9 Å². The Morgan fingerprint density at radius 2 is 2.37 bits per heavy atom. The molecule has 0 aliphatic heterocycles. The van der Waals surface area contributed by atoms with Crippen molar-refractivity contribution in [2.24, 2.45) is 5.10 Å². The van der Waals surface area contributed by atoms with E-state index < -0.39 is 4.92 Å². The number of nitrogens with zero attached hydrogens (tertiary/aromatic N) is 4. The van der Waals surface area contributed by atoms with Gasteiger partial charge in [-0.05, 0) is 25.2 Å². The van der Waals surface area contributed by atoms with Gasteiger partial charge in [0.15, 0.2) is 0 Å². The second-order valence-corrected chi connectivity index (χ2v) is 4.39. The van der Waals surface area contributed by atoms with Gasteiger partial charge in [-0.25, -0.2) is 0 Å². The fourth-order valence-corrected chi connectivity index (χ4v) is 1.76. The van der Waals surface area contributed by atoms with Crippen LogP contribution in [0.15, 0.2) is 23.3 Å². The number of nitro groups is 1. The molecule has 7 nitrogen and oxygen atoms in total. The number of aromatic amines is 1. The van der Waals surface area contributed by atoms with Crippen molar-refractivity contribution >= 4 is 35.7 Å². The number of rotatable bonds is 3. The number of benzene rings is 1. The van der Waals surface area contributed by atoms with Gasteiger partial charge in [0.05, 0.1) is 11.1 Å². The molecule has 0 bridgehead atoms. The second kappa shape index (κ2) is 5.29. The minimum atomic E-state index is -0.498. The highest BCUT2D eigenvalue weighted by Gasteiger charge is 2.08. The Labute approximate surface area is 117 Å². The smallest absolute Gasteiger partial charge is 0.258 e. The molecule has 0 saturated carbocycles. The Bertz CT molecular complexity index is 721. The molecule has 9 heteroatoms. The monoisotopic (exact) mass is 297 g/mol. The number of hydrogen-bond donors (Lipinski definition) is 1. The average Bonchev–Trinajstić information content (AvgIpc) is 2.68. The van der Waals surface area contributed by atoms with Crippen molar-refractivity contribution < 1.29 is 4.92 Å². The zero-order chi connectivity index (χ0) is 14.0. The number of hydrogen-bond acceptors (Lipinski definition) is 5. The van der Waals surface area contributed by atoms with E-state index in [0.717, 1.165) is 0 Å². The summed E-state index contributed by atoms with van der Waals surface area (Å²) in [5.74, 6) is 0.572. The van der Waals surface area contributed by atoms with Gasteiger partial charge in [-0.3, -0.25) is 15.2 Å². The molecule has 0 aliphatic carbocycles. The minimum absolute atomic E-state index is 0.0571. The third-order valence-corrected chi connectivity index (χ3v) is 2.92. The molecule has 0 amide bonds. The molecule has 2 rings (SSSR count). The molecular weight excluding hydrogens is 290 g/mol. The highest BCUT2D eigenvalue weighted by Crippen LogP contribution is 2.20. The van der Waals surface area contributed by atoms with Crippen LogP contribution in [0.1, 0.15) is 11.4 Å². The number of halogens is 1. The van der Waals surface area contributed by atoms with Crippen molar-refractivity contribution in [2.45, 2.75) is 6.92 Å². The minimum Gasteiger partial charge on any atom is -0.258 e. The Kier molecular flexibility index (Phi) is 3.72. The lowest BCUT2D eigenvalue weighted by molar-refractivity contribution is -0.384. The van der Waals surface area contributed by atoms with Crippen molar-refractivity contribution in [3.8, 4) is 0 Å². The van der Waals surface area contributed by atoms with Crippen LogP contribution < -0.4 is 0 Å². The molecule has 0 fully saturated rings. The molecule has 0 spiro atoms. The molecule has 1 heterocycles. The Morgan fingerprint density at radius 3 is 2.95 bits per heavy atom. The van der Waals surface area contributed by atoms with Gasteiger partial charge < -0.3 is 0 Å². The SMILES string of the molecule is Cc1n[nH]c(=S)n1/N=C\c1cc([N+](=O)[O-])ccc1Cl. The highest BCUT2D eigenvalue weighted by molar-refractivity contribution is 7.71. The first-order chi connectivity index (χ1) is 8.99. The van der Waals surface area contributed by atoms with E-state index in [2.05, 4.69) is 15.3 Å². The van der Waals surface area contributed by atoms with E-state index in [0.29, 0.717) is 21.2 Å². The summed E-state index contributed by atoms with van der Waals surface area (Å²) in [6.07, 6.45) is 1.40. The van der Waals surface area contributed by atoms with Gasteiger partial charge in [0.1, 0.15) is 5.82 Å². The molecular formula is C10H8ClN5O2S.